The summed E-state index contributed by atoms with van der Waals surface area (Å²) in [5.74, 6) is -0.00533. The number of carbonyl (C=O) groups is 1. The summed E-state index contributed by atoms with van der Waals surface area (Å²) in [7, 11) is 0. The molecular weight excluding hydrogens is 364 g/mol. The van der Waals surface area contributed by atoms with E-state index in [1.165, 1.54) is 0 Å². The SMILES string of the molecule is CC(C)N1CCOCC2(CCCN(C(=O)c3cn4cc(Cl)ccc4n3)C2)C1. The lowest BCUT2D eigenvalue weighted by Crippen LogP contribution is -2.53. The number of imidazole rings is 1. The average Bonchev–Trinajstić information content (AvgIpc) is 2.96. The number of amides is 1. The van der Waals surface area contributed by atoms with Gasteiger partial charge in [-0.15, -0.1) is 0 Å². The minimum absolute atomic E-state index is 0.00533. The van der Waals surface area contributed by atoms with Crippen LogP contribution in [0.4, 0.5) is 0 Å². The van der Waals surface area contributed by atoms with Gasteiger partial charge in [-0.2, -0.15) is 0 Å². The van der Waals surface area contributed by atoms with E-state index in [2.05, 4.69) is 23.7 Å². The van der Waals surface area contributed by atoms with Gasteiger partial charge in [0.2, 0.25) is 0 Å². The van der Waals surface area contributed by atoms with Crippen molar-refractivity contribution in [3.05, 3.63) is 35.2 Å². The summed E-state index contributed by atoms with van der Waals surface area (Å²) in [5.41, 5.74) is 1.22. The normalized spacial score (nSPS) is 24.7. The highest BCUT2D eigenvalue weighted by molar-refractivity contribution is 6.30. The second kappa shape index (κ2) is 7.41. The fourth-order valence-corrected chi connectivity index (χ4v) is 4.49. The first-order valence-electron chi connectivity index (χ1n) is 9.71. The van der Waals surface area contributed by atoms with Crippen LogP contribution in [0.5, 0.6) is 0 Å². The van der Waals surface area contributed by atoms with Crippen LogP contribution >= 0.6 is 11.6 Å². The molecule has 2 aliphatic heterocycles. The zero-order chi connectivity index (χ0) is 19.0. The maximum atomic E-state index is 13.1. The number of rotatable bonds is 2. The van der Waals surface area contributed by atoms with E-state index in [1.54, 1.807) is 18.5 Å². The number of piperidine rings is 1. The van der Waals surface area contributed by atoms with Crippen LogP contribution in [0.3, 0.4) is 0 Å². The van der Waals surface area contributed by atoms with Crippen LogP contribution in [0.15, 0.2) is 24.5 Å². The van der Waals surface area contributed by atoms with Crippen molar-refractivity contribution >= 4 is 23.2 Å². The van der Waals surface area contributed by atoms with Crippen LogP contribution in [0.2, 0.25) is 5.02 Å². The number of hydrogen-bond acceptors (Lipinski definition) is 4. The van der Waals surface area contributed by atoms with Crippen molar-refractivity contribution < 1.29 is 9.53 Å². The minimum atomic E-state index is -0.00533. The third-order valence-electron chi connectivity index (χ3n) is 5.78. The van der Waals surface area contributed by atoms with Crippen LogP contribution in [-0.4, -0.2) is 70.5 Å². The summed E-state index contributed by atoms with van der Waals surface area (Å²) < 4.78 is 7.76. The van der Waals surface area contributed by atoms with Crippen molar-refractivity contribution in [1.82, 2.24) is 19.2 Å². The topological polar surface area (TPSA) is 50.1 Å². The Morgan fingerprint density at radius 1 is 1.26 bits per heavy atom. The van der Waals surface area contributed by atoms with Gasteiger partial charge in [-0.05, 0) is 38.8 Å². The Morgan fingerprint density at radius 2 is 2.11 bits per heavy atom. The van der Waals surface area contributed by atoms with Crippen LogP contribution in [0.25, 0.3) is 5.65 Å². The quantitative estimate of drug-likeness (QED) is 0.791. The Labute approximate surface area is 165 Å². The summed E-state index contributed by atoms with van der Waals surface area (Å²) in [5, 5.41) is 0.625. The van der Waals surface area contributed by atoms with E-state index >= 15 is 0 Å². The smallest absolute Gasteiger partial charge is 0.274 e. The van der Waals surface area contributed by atoms with Gasteiger partial charge in [0.05, 0.1) is 18.2 Å². The largest absolute Gasteiger partial charge is 0.379 e. The Bertz CT molecular complexity index is 836. The third kappa shape index (κ3) is 3.84. The number of hydrogen-bond donors (Lipinski definition) is 0. The van der Waals surface area contributed by atoms with E-state index in [0.717, 1.165) is 57.9 Å². The molecule has 0 radical (unpaired) electrons. The van der Waals surface area contributed by atoms with Gasteiger partial charge in [0.25, 0.3) is 5.91 Å². The monoisotopic (exact) mass is 390 g/mol. The van der Waals surface area contributed by atoms with Gasteiger partial charge in [0.1, 0.15) is 11.3 Å². The molecule has 2 fully saturated rings. The molecule has 0 aliphatic carbocycles. The fourth-order valence-electron chi connectivity index (χ4n) is 4.32. The lowest BCUT2D eigenvalue weighted by Gasteiger charge is -2.44. The zero-order valence-corrected chi connectivity index (χ0v) is 16.8. The summed E-state index contributed by atoms with van der Waals surface area (Å²) in [6, 6.07) is 4.10. The van der Waals surface area contributed by atoms with Crippen molar-refractivity contribution in [2.75, 3.05) is 39.4 Å². The van der Waals surface area contributed by atoms with Crippen molar-refractivity contribution in [1.29, 1.82) is 0 Å². The molecule has 0 saturated carbocycles. The van der Waals surface area contributed by atoms with E-state index in [-0.39, 0.29) is 11.3 Å². The third-order valence-corrected chi connectivity index (χ3v) is 6.01. The van der Waals surface area contributed by atoms with E-state index in [0.29, 0.717) is 16.8 Å². The Morgan fingerprint density at radius 3 is 2.93 bits per heavy atom. The van der Waals surface area contributed by atoms with Gasteiger partial charge >= 0.3 is 0 Å². The number of aromatic nitrogens is 2. The number of carbonyl (C=O) groups excluding carboxylic acids is 1. The summed E-state index contributed by atoms with van der Waals surface area (Å²) in [6.07, 6.45) is 5.65. The van der Waals surface area contributed by atoms with Gasteiger partial charge in [-0.3, -0.25) is 9.69 Å². The second-order valence-corrected chi connectivity index (χ2v) is 8.62. The van der Waals surface area contributed by atoms with E-state index in [1.807, 2.05) is 15.4 Å². The van der Waals surface area contributed by atoms with Crippen LogP contribution < -0.4 is 0 Å². The van der Waals surface area contributed by atoms with E-state index < -0.39 is 0 Å². The van der Waals surface area contributed by atoms with Crippen molar-refractivity contribution in [2.45, 2.75) is 32.7 Å². The molecule has 4 rings (SSSR count). The molecule has 2 aromatic rings. The Hall–Kier alpha value is -1.63. The zero-order valence-electron chi connectivity index (χ0n) is 16.0. The highest BCUT2D eigenvalue weighted by atomic mass is 35.5. The highest BCUT2D eigenvalue weighted by Crippen LogP contribution is 2.34. The van der Waals surface area contributed by atoms with Gasteiger partial charge in [-0.25, -0.2) is 4.98 Å². The molecule has 27 heavy (non-hydrogen) atoms. The van der Waals surface area contributed by atoms with Crippen LogP contribution in [0, 0.1) is 5.41 Å². The lowest BCUT2D eigenvalue weighted by atomic mass is 9.79. The fraction of sp³-hybridized carbons (Fsp3) is 0.600. The highest BCUT2D eigenvalue weighted by Gasteiger charge is 2.41. The predicted octanol–water partition coefficient (Wildman–Crippen LogP) is 2.95. The van der Waals surface area contributed by atoms with Gasteiger partial charge in [0, 0.05) is 50.0 Å². The molecule has 1 amide bonds. The predicted molar refractivity (Wildman–Crippen MR) is 105 cm³/mol. The molecule has 1 atom stereocenters. The summed E-state index contributed by atoms with van der Waals surface area (Å²) >= 11 is 6.05. The summed E-state index contributed by atoms with van der Waals surface area (Å²) in [4.78, 5) is 22.1. The summed E-state index contributed by atoms with van der Waals surface area (Å²) in [6.45, 7) is 9.39. The molecule has 2 saturated heterocycles. The molecule has 4 heterocycles. The van der Waals surface area contributed by atoms with E-state index in [9.17, 15) is 4.79 Å². The molecule has 1 unspecified atom stereocenters. The first-order valence-corrected chi connectivity index (χ1v) is 10.1. The molecule has 0 N–H and O–H groups in total. The number of pyridine rings is 1. The molecule has 2 aliphatic rings. The Kier molecular flexibility index (Phi) is 5.14. The number of fused-ring (bicyclic) bond motifs is 1. The number of ether oxygens (including phenoxy) is 1. The molecule has 146 valence electrons. The van der Waals surface area contributed by atoms with E-state index in [4.69, 9.17) is 16.3 Å². The average molecular weight is 391 g/mol. The number of nitrogens with zero attached hydrogens (tertiary/aromatic N) is 4. The second-order valence-electron chi connectivity index (χ2n) is 8.19. The minimum Gasteiger partial charge on any atom is -0.379 e. The number of likely N-dealkylation sites (tertiary alicyclic amines) is 1. The molecule has 0 aromatic carbocycles. The molecule has 2 aromatic heterocycles. The first kappa shape index (κ1) is 18.7. The standard InChI is InChI=1S/C20H27ClN4O2/c1-15(2)23-8-9-27-14-20(12-23)6-3-7-24(13-20)19(26)17-11-25-10-16(21)4-5-18(25)22-17/h4-5,10-11,15H,3,6-9,12-14H2,1-2H3. The lowest BCUT2D eigenvalue weighted by molar-refractivity contribution is 0.00552. The maximum absolute atomic E-state index is 13.1. The molecule has 6 nitrogen and oxygen atoms in total. The number of halogens is 1. The van der Waals surface area contributed by atoms with Crippen molar-refractivity contribution in [3.63, 3.8) is 0 Å². The van der Waals surface area contributed by atoms with Gasteiger partial charge in [-0.1, -0.05) is 11.6 Å². The molecule has 7 heteroatoms. The van der Waals surface area contributed by atoms with Crippen LogP contribution in [0.1, 0.15) is 37.2 Å². The van der Waals surface area contributed by atoms with Gasteiger partial charge < -0.3 is 14.0 Å². The molecule has 0 bridgehead atoms. The van der Waals surface area contributed by atoms with Crippen molar-refractivity contribution in [3.8, 4) is 0 Å². The molecular formula is C20H27ClN4O2. The maximum Gasteiger partial charge on any atom is 0.274 e. The van der Waals surface area contributed by atoms with Crippen molar-refractivity contribution in [2.24, 2.45) is 5.41 Å². The van der Waals surface area contributed by atoms with Gasteiger partial charge in [0.15, 0.2) is 0 Å². The van der Waals surface area contributed by atoms with Crippen LogP contribution in [-0.2, 0) is 4.74 Å². The first-order chi connectivity index (χ1) is 13.0. The Balaban J connectivity index is 1.55. The molecule has 1 spiro atoms.